The van der Waals surface area contributed by atoms with E-state index in [4.69, 9.17) is 5.11 Å². The SMILES string of the molecule is Cc1csc(C(C)CC(=O)O)n1. The Morgan fingerprint density at radius 1 is 1.83 bits per heavy atom. The molecular weight excluding hydrogens is 174 g/mol. The molecule has 4 heteroatoms. The van der Waals surface area contributed by atoms with Crippen molar-refractivity contribution >= 4 is 17.3 Å². The van der Waals surface area contributed by atoms with Crippen LogP contribution in [0.15, 0.2) is 5.38 Å². The fraction of sp³-hybridized carbons (Fsp3) is 0.500. The van der Waals surface area contributed by atoms with Crippen LogP contribution in [0.1, 0.15) is 30.0 Å². The highest BCUT2D eigenvalue weighted by Gasteiger charge is 2.12. The summed E-state index contributed by atoms with van der Waals surface area (Å²) in [5, 5.41) is 11.4. The highest BCUT2D eigenvalue weighted by Crippen LogP contribution is 2.22. The molecule has 0 spiro atoms. The lowest BCUT2D eigenvalue weighted by Crippen LogP contribution is -2.02. The van der Waals surface area contributed by atoms with E-state index < -0.39 is 5.97 Å². The van der Waals surface area contributed by atoms with Crippen LogP contribution in [0.25, 0.3) is 0 Å². The average Bonchev–Trinajstić information content (AvgIpc) is 2.34. The summed E-state index contributed by atoms with van der Waals surface area (Å²) in [7, 11) is 0. The second kappa shape index (κ2) is 3.67. The largest absolute Gasteiger partial charge is 0.481 e. The van der Waals surface area contributed by atoms with Crippen LogP contribution in [0.3, 0.4) is 0 Å². The van der Waals surface area contributed by atoms with Gasteiger partial charge in [-0.25, -0.2) is 4.98 Å². The van der Waals surface area contributed by atoms with Crippen molar-refractivity contribution < 1.29 is 9.90 Å². The first kappa shape index (κ1) is 9.19. The fourth-order valence-electron chi connectivity index (χ4n) is 0.948. The van der Waals surface area contributed by atoms with E-state index in [9.17, 15) is 4.79 Å². The summed E-state index contributed by atoms with van der Waals surface area (Å²) in [6, 6.07) is 0. The Balaban J connectivity index is 2.64. The Bertz CT molecular complexity index is 282. The van der Waals surface area contributed by atoms with E-state index in [0.717, 1.165) is 10.7 Å². The van der Waals surface area contributed by atoms with Crippen LogP contribution < -0.4 is 0 Å². The van der Waals surface area contributed by atoms with E-state index in [1.807, 2.05) is 19.2 Å². The molecule has 0 aliphatic heterocycles. The molecule has 0 aromatic carbocycles. The Morgan fingerprint density at radius 2 is 2.50 bits per heavy atom. The van der Waals surface area contributed by atoms with Gasteiger partial charge in [0.05, 0.1) is 11.4 Å². The van der Waals surface area contributed by atoms with E-state index in [1.54, 1.807) is 0 Å². The van der Waals surface area contributed by atoms with Gasteiger partial charge in [-0.2, -0.15) is 0 Å². The number of aryl methyl sites for hydroxylation is 1. The van der Waals surface area contributed by atoms with Crippen molar-refractivity contribution in [2.24, 2.45) is 0 Å². The van der Waals surface area contributed by atoms with Crippen LogP contribution in [-0.4, -0.2) is 16.1 Å². The second-order valence-corrected chi connectivity index (χ2v) is 3.72. The number of carbonyl (C=O) groups is 1. The molecule has 3 nitrogen and oxygen atoms in total. The molecule has 0 amide bonds. The lowest BCUT2D eigenvalue weighted by molar-refractivity contribution is -0.137. The van der Waals surface area contributed by atoms with Crippen molar-refractivity contribution in [1.82, 2.24) is 4.98 Å². The minimum Gasteiger partial charge on any atom is -0.481 e. The smallest absolute Gasteiger partial charge is 0.304 e. The van der Waals surface area contributed by atoms with Gasteiger partial charge in [0.25, 0.3) is 0 Å². The van der Waals surface area contributed by atoms with Gasteiger partial charge >= 0.3 is 5.97 Å². The third kappa shape index (κ3) is 2.30. The van der Waals surface area contributed by atoms with Crippen LogP contribution in [-0.2, 0) is 4.79 Å². The maximum atomic E-state index is 10.4. The van der Waals surface area contributed by atoms with E-state index in [-0.39, 0.29) is 12.3 Å². The third-order valence-electron chi connectivity index (χ3n) is 1.54. The number of carboxylic acid groups (broad SMARTS) is 1. The highest BCUT2D eigenvalue weighted by molar-refractivity contribution is 7.09. The molecule has 1 aromatic rings. The van der Waals surface area contributed by atoms with Gasteiger partial charge in [0.15, 0.2) is 0 Å². The molecule has 1 N–H and O–H groups in total. The van der Waals surface area contributed by atoms with Crippen LogP contribution in [0.4, 0.5) is 0 Å². The van der Waals surface area contributed by atoms with Gasteiger partial charge in [-0.15, -0.1) is 11.3 Å². The number of hydrogen-bond donors (Lipinski definition) is 1. The maximum absolute atomic E-state index is 10.4. The van der Waals surface area contributed by atoms with Crippen molar-refractivity contribution in [3.05, 3.63) is 16.1 Å². The lowest BCUT2D eigenvalue weighted by atomic mass is 10.1. The number of thiazole rings is 1. The molecule has 1 unspecified atom stereocenters. The van der Waals surface area contributed by atoms with Crippen LogP contribution in [0.5, 0.6) is 0 Å². The summed E-state index contributed by atoms with van der Waals surface area (Å²) in [5.74, 6) is -0.739. The zero-order valence-electron chi connectivity index (χ0n) is 7.07. The molecule has 0 fully saturated rings. The zero-order valence-corrected chi connectivity index (χ0v) is 7.89. The third-order valence-corrected chi connectivity index (χ3v) is 2.73. The van der Waals surface area contributed by atoms with E-state index in [0.29, 0.717) is 0 Å². The summed E-state index contributed by atoms with van der Waals surface area (Å²) in [5.41, 5.74) is 0.965. The quantitative estimate of drug-likeness (QED) is 0.783. The van der Waals surface area contributed by atoms with Crippen LogP contribution in [0.2, 0.25) is 0 Å². The molecule has 0 radical (unpaired) electrons. The molecular formula is C8H11NO2S. The van der Waals surface area contributed by atoms with Gasteiger partial charge < -0.3 is 5.11 Å². The molecule has 0 saturated heterocycles. The Labute approximate surface area is 75.1 Å². The van der Waals surface area contributed by atoms with Crippen molar-refractivity contribution in [1.29, 1.82) is 0 Å². The summed E-state index contributed by atoms with van der Waals surface area (Å²) < 4.78 is 0. The van der Waals surface area contributed by atoms with Gasteiger partial charge in [0, 0.05) is 17.0 Å². The summed E-state index contributed by atoms with van der Waals surface area (Å²) in [4.78, 5) is 14.6. The molecule has 1 rings (SSSR count). The lowest BCUT2D eigenvalue weighted by Gasteiger charge is -2.02. The Morgan fingerprint density at radius 3 is 2.92 bits per heavy atom. The first-order valence-electron chi connectivity index (χ1n) is 3.73. The van der Waals surface area contributed by atoms with Crippen LogP contribution >= 0.6 is 11.3 Å². The second-order valence-electron chi connectivity index (χ2n) is 2.83. The molecule has 1 aromatic heterocycles. The first-order chi connectivity index (χ1) is 5.59. The number of aromatic nitrogens is 1. The van der Waals surface area contributed by atoms with Crippen molar-refractivity contribution in [3.8, 4) is 0 Å². The molecule has 1 heterocycles. The maximum Gasteiger partial charge on any atom is 0.304 e. The molecule has 0 bridgehead atoms. The number of aliphatic carboxylic acids is 1. The Hall–Kier alpha value is -0.900. The van der Waals surface area contributed by atoms with Gasteiger partial charge in [-0.1, -0.05) is 6.92 Å². The van der Waals surface area contributed by atoms with E-state index in [2.05, 4.69) is 4.98 Å². The van der Waals surface area contributed by atoms with Gasteiger partial charge in [0.2, 0.25) is 0 Å². The molecule has 1 atom stereocenters. The van der Waals surface area contributed by atoms with Crippen molar-refractivity contribution in [2.45, 2.75) is 26.2 Å². The van der Waals surface area contributed by atoms with Gasteiger partial charge in [0.1, 0.15) is 0 Å². The highest BCUT2D eigenvalue weighted by atomic mass is 32.1. The molecule has 0 aliphatic carbocycles. The van der Waals surface area contributed by atoms with Crippen molar-refractivity contribution in [3.63, 3.8) is 0 Å². The predicted octanol–water partition coefficient (Wildman–Crippen LogP) is 2.03. The molecule has 0 aliphatic rings. The minimum absolute atomic E-state index is 0.0289. The standard InChI is InChI=1S/C8H11NO2S/c1-5(3-7(10)11)8-9-6(2)4-12-8/h4-5H,3H2,1-2H3,(H,10,11). The monoisotopic (exact) mass is 185 g/mol. The van der Waals surface area contributed by atoms with E-state index >= 15 is 0 Å². The minimum atomic E-state index is -0.768. The fourth-order valence-corrected chi connectivity index (χ4v) is 1.80. The molecule has 0 saturated carbocycles. The van der Waals surface area contributed by atoms with Crippen LogP contribution in [0, 0.1) is 6.92 Å². The topological polar surface area (TPSA) is 50.2 Å². The zero-order chi connectivity index (χ0) is 9.14. The number of nitrogens with zero attached hydrogens (tertiary/aromatic N) is 1. The number of carboxylic acids is 1. The van der Waals surface area contributed by atoms with Gasteiger partial charge in [-0.05, 0) is 6.92 Å². The van der Waals surface area contributed by atoms with Gasteiger partial charge in [-0.3, -0.25) is 4.79 Å². The summed E-state index contributed by atoms with van der Waals surface area (Å²) >= 11 is 1.53. The normalized spacial score (nSPS) is 12.8. The van der Waals surface area contributed by atoms with Crippen molar-refractivity contribution in [2.75, 3.05) is 0 Å². The number of rotatable bonds is 3. The van der Waals surface area contributed by atoms with E-state index in [1.165, 1.54) is 11.3 Å². The molecule has 12 heavy (non-hydrogen) atoms. The number of hydrogen-bond acceptors (Lipinski definition) is 3. The Kier molecular flexibility index (Phi) is 2.81. The molecule has 66 valence electrons. The average molecular weight is 185 g/mol. The summed E-state index contributed by atoms with van der Waals surface area (Å²) in [6.45, 7) is 3.79. The summed E-state index contributed by atoms with van der Waals surface area (Å²) in [6.07, 6.45) is 0.160. The first-order valence-corrected chi connectivity index (χ1v) is 4.61. The predicted molar refractivity (Wildman–Crippen MR) is 47.5 cm³/mol.